The quantitative estimate of drug-likeness (QED) is 0.876. The molecule has 0 aliphatic carbocycles. The molecule has 1 amide bonds. The zero-order valence-electron chi connectivity index (χ0n) is 13.0. The molecule has 5 nitrogen and oxygen atoms in total. The van der Waals surface area contributed by atoms with E-state index in [4.69, 9.17) is 4.74 Å². The van der Waals surface area contributed by atoms with E-state index in [2.05, 4.69) is 0 Å². The average molecular weight is 292 g/mol. The number of ether oxygens (including phenoxy) is 1. The van der Waals surface area contributed by atoms with Gasteiger partial charge in [-0.05, 0) is 45.1 Å². The summed E-state index contributed by atoms with van der Waals surface area (Å²) in [6.45, 7) is 3.15. The van der Waals surface area contributed by atoms with Gasteiger partial charge in [-0.2, -0.15) is 0 Å². The molecule has 21 heavy (non-hydrogen) atoms. The molecule has 0 radical (unpaired) electrons. The van der Waals surface area contributed by atoms with Gasteiger partial charge in [-0.15, -0.1) is 0 Å². The number of aliphatic hydroxyl groups is 1. The van der Waals surface area contributed by atoms with Crippen LogP contribution < -0.4 is 4.74 Å². The molecule has 116 valence electrons. The molecule has 0 aromatic heterocycles. The third-order valence-electron chi connectivity index (χ3n) is 3.64. The van der Waals surface area contributed by atoms with Crippen LogP contribution in [0.2, 0.25) is 0 Å². The fourth-order valence-electron chi connectivity index (χ4n) is 2.73. The van der Waals surface area contributed by atoms with Gasteiger partial charge < -0.3 is 19.6 Å². The van der Waals surface area contributed by atoms with Crippen LogP contribution in [0.4, 0.5) is 0 Å². The van der Waals surface area contributed by atoms with E-state index in [-0.39, 0.29) is 18.6 Å². The number of aryl methyl sites for hydroxylation is 1. The molecule has 1 aliphatic rings. The number of likely N-dealkylation sites (N-methyl/N-ethyl adjacent to an activating group) is 1. The van der Waals surface area contributed by atoms with Gasteiger partial charge in [0.05, 0.1) is 6.10 Å². The van der Waals surface area contributed by atoms with E-state index in [1.807, 2.05) is 50.2 Å². The Balaban J connectivity index is 1.92. The van der Waals surface area contributed by atoms with E-state index in [9.17, 15) is 9.90 Å². The van der Waals surface area contributed by atoms with Gasteiger partial charge in [0, 0.05) is 19.1 Å². The molecule has 5 heteroatoms. The average Bonchev–Trinajstić information content (AvgIpc) is 2.76. The molecule has 0 bridgehead atoms. The number of aliphatic hydroxyl groups excluding tert-OH is 1. The van der Waals surface area contributed by atoms with Crippen molar-refractivity contribution in [3.63, 3.8) is 0 Å². The van der Waals surface area contributed by atoms with Crippen molar-refractivity contribution in [3.8, 4) is 5.75 Å². The summed E-state index contributed by atoms with van der Waals surface area (Å²) in [4.78, 5) is 16.1. The number of carbonyl (C=O) groups excluding carboxylic acids is 1. The summed E-state index contributed by atoms with van der Waals surface area (Å²) in [5.41, 5.74) is 1.10. The van der Waals surface area contributed by atoms with E-state index >= 15 is 0 Å². The molecule has 0 spiro atoms. The first-order valence-electron chi connectivity index (χ1n) is 7.27. The van der Waals surface area contributed by atoms with E-state index in [1.54, 1.807) is 4.90 Å². The lowest BCUT2D eigenvalue weighted by Crippen LogP contribution is -2.43. The monoisotopic (exact) mass is 292 g/mol. The zero-order chi connectivity index (χ0) is 15.4. The number of likely N-dealkylation sites (tertiary alicyclic amines) is 1. The van der Waals surface area contributed by atoms with E-state index < -0.39 is 6.10 Å². The van der Waals surface area contributed by atoms with Crippen LogP contribution in [0, 0.1) is 6.92 Å². The number of hydrogen-bond donors (Lipinski definition) is 1. The Labute approximate surface area is 126 Å². The molecule has 2 unspecified atom stereocenters. The third kappa shape index (κ3) is 4.44. The first kappa shape index (κ1) is 15.8. The van der Waals surface area contributed by atoms with Crippen LogP contribution in [0.15, 0.2) is 24.3 Å². The number of carbonyl (C=O) groups is 1. The fraction of sp³-hybridized carbons (Fsp3) is 0.562. The van der Waals surface area contributed by atoms with Gasteiger partial charge >= 0.3 is 0 Å². The summed E-state index contributed by atoms with van der Waals surface area (Å²) in [5.74, 6) is 0.632. The van der Waals surface area contributed by atoms with Gasteiger partial charge in [-0.1, -0.05) is 12.1 Å². The highest BCUT2D eigenvalue weighted by atomic mass is 16.5. The van der Waals surface area contributed by atoms with Gasteiger partial charge in [0.25, 0.3) is 5.91 Å². The normalized spacial score (nSPS) is 21.9. The van der Waals surface area contributed by atoms with Crippen molar-refractivity contribution < 1.29 is 14.6 Å². The summed E-state index contributed by atoms with van der Waals surface area (Å²) in [5, 5.41) is 9.80. The number of β-amino-alcohol motifs (C(OH)–C–C–N with tert-alkyl or cyclic N) is 1. The molecular weight excluding hydrogens is 268 g/mol. The van der Waals surface area contributed by atoms with Gasteiger partial charge in [0.15, 0.2) is 6.61 Å². The minimum atomic E-state index is -0.433. The van der Waals surface area contributed by atoms with Gasteiger partial charge in [0.2, 0.25) is 0 Å². The summed E-state index contributed by atoms with van der Waals surface area (Å²) >= 11 is 0. The van der Waals surface area contributed by atoms with E-state index in [0.717, 1.165) is 12.1 Å². The highest BCUT2D eigenvalue weighted by Gasteiger charge is 2.34. The number of benzene rings is 1. The first-order valence-corrected chi connectivity index (χ1v) is 7.27. The Hall–Kier alpha value is -1.59. The summed E-state index contributed by atoms with van der Waals surface area (Å²) in [7, 11) is 3.94. The molecule has 1 aromatic rings. The maximum atomic E-state index is 12.3. The second-order valence-corrected chi connectivity index (χ2v) is 5.96. The van der Waals surface area contributed by atoms with Gasteiger partial charge in [0.1, 0.15) is 5.75 Å². The maximum Gasteiger partial charge on any atom is 0.260 e. The lowest BCUT2D eigenvalue weighted by molar-refractivity contribution is -0.134. The fourth-order valence-corrected chi connectivity index (χ4v) is 2.73. The highest BCUT2D eigenvalue weighted by molar-refractivity contribution is 5.78. The number of rotatable bonds is 5. The number of hydrogen-bond acceptors (Lipinski definition) is 4. The highest BCUT2D eigenvalue weighted by Crippen LogP contribution is 2.19. The molecule has 1 N–H and O–H groups in total. The second-order valence-electron chi connectivity index (χ2n) is 5.96. The number of amides is 1. The van der Waals surface area contributed by atoms with Crippen LogP contribution in [-0.2, 0) is 4.79 Å². The molecule has 1 fully saturated rings. The van der Waals surface area contributed by atoms with E-state index in [1.165, 1.54) is 0 Å². The van der Waals surface area contributed by atoms with Crippen molar-refractivity contribution in [2.75, 3.05) is 33.8 Å². The molecule has 2 rings (SSSR count). The van der Waals surface area contributed by atoms with Crippen LogP contribution in [-0.4, -0.2) is 66.8 Å². The summed E-state index contributed by atoms with van der Waals surface area (Å²) in [6, 6.07) is 7.70. The predicted molar refractivity (Wildman–Crippen MR) is 81.4 cm³/mol. The van der Waals surface area contributed by atoms with Crippen molar-refractivity contribution in [3.05, 3.63) is 29.8 Å². The van der Waals surface area contributed by atoms with Crippen molar-refractivity contribution in [1.29, 1.82) is 0 Å². The van der Waals surface area contributed by atoms with Crippen molar-refractivity contribution in [2.24, 2.45) is 0 Å². The van der Waals surface area contributed by atoms with Gasteiger partial charge in [-0.25, -0.2) is 0 Å². The summed E-state index contributed by atoms with van der Waals surface area (Å²) in [6.07, 6.45) is 0.201. The zero-order valence-corrected chi connectivity index (χ0v) is 13.0. The van der Waals surface area contributed by atoms with Crippen LogP contribution >= 0.6 is 0 Å². The Bertz CT molecular complexity index is 490. The van der Waals surface area contributed by atoms with Crippen LogP contribution in [0.5, 0.6) is 5.75 Å². The maximum absolute atomic E-state index is 12.3. The Morgan fingerprint density at radius 1 is 1.48 bits per heavy atom. The lowest BCUT2D eigenvalue weighted by atomic mass is 10.2. The van der Waals surface area contributed by atoms with Crippen LogP contribution in [0.25, 0.3) is 0 Å². The predicted octanol–water partition coefficient (Wildman–Crippen LogP) is 0.897. The second kappa shape index (κ2) is 6.91. The standard InChI is InChI=1S/C16H24N2O3/c1-12-5-4-6-15(7-12)21-11-16(20)18-10-14(19)8-13(18)9-17(2)3/h4-7,13-14,19H,8-11H2,1-3H3. The summed E-state index contributed by atoms with van der Waals surface area (Å²) < 4.78 is 5.56. The topological polar surface area (TPSA) is 53.0 Å². The largest absolute Gasteiger partial charge is 0.484 e. The van der Waals surface area contributed by atoms with Crippen LogP contribution in [0.3, 0.4) is 0 Å². The molecule has 1 aromatic carbocycles. The minimum Gasteiger partial charge on any atom is -0.484 e. The molecule has 1 saturated heterocycles. The number of nitrogens with zero attached hydrogens (tertiary/aromatic N) is 2. The van der Waals surface area contributed by atoms with E-state index in [0.29, 0.717) is 18.7 Å². The van der Waals surface area contributed by atoms with Crippen LogP contribution in [0.1, 0.15) is 12.0 Å². The SMILES string of the molecule is Cc1cccc(OCC(=O)N2CC(O)CC2CN(C)C)c1. The molecule has 1 aliphatic heterocycles. The van der Waals surface area contributed by atoms with Crippen molar-refractivity contribution in [1.82, 2.24) is 9.80 Å². The van der Waals surface area contributed by atoms with Gasteiger partial charge in [-0.3, -0.25) is 4.79 Å². The molecular formula is C16H24N2O3. The van der Waals surface area contributed by atoms with Crippen molar-refractivity contribution >= 4 is 5.91 Å². The Kier molecular flexibility index (Phi) is 5.20. The Morgan fingerprint density at radius 3 is 2.90 bits per heavy atom. The Morgan fingerprint density at radius 2 is 2.24 bits per heavy atom. The lowest BCUT2D eigenvalue weighted by Gasteiger charge is -2.26. The smallest absolute Gasteiger partial charge is 0.260 e. The molecule has 0 saturated carbocycles. The third-order valence-corrected chi connectivity index (χ3v) is 3.64. The first-order chi connectivity index (χ1) is 9.95. The molecule has 2 atom stereocenters. The molecule has 1 heterocycles. The van der Waals surface area contributed by atoms with Crippen molar-refractivity contribution in [2.45, 2.75) is 25.5 Å². The minimum absolute atomic E-state index is 0.0140.